The lowest BCUT2D eigenvalue weighted by atomic mass is 10.2. The molecule has 0 spiro atoms. The fourth-order valence-corrected chi connectivity index (χ4v) is 7.89. The first-order chi connectivity index (χ1) is 23.3. The van der Waals surface area contributed by atoms with Crippen molar-refractivity contribution in [2.24, 2.45) is 0 Å². The van der Waals surface area contributed by atoms with E-state index in [-0.39, 0.29) is 61.3 Å². The van der Waals surface area contributed by atoms with Crippen LogP contribution < -0.4 is 28.4 Å². The van der Waals surface area contributed by atoms with Gasteiger partial charge in [-0.15, -0.1) is 4.98 Å². The van der Waals surface area contributed by atoms with Crippen LogP contribution in [0.3, 0.4) is 0 Å². The molecule has 3 heterocycles. The van der Waals surface area contributed by atoms with Gasteiger partial charge in [-0.05, 0) is 87.5 Å². The smallest absolute Gasteiger partial charge is 0.324 e. The second-order valence-corrected chi connectivity index (χ2v) is 13.5. The minimum Gasteiger partial charge on any atom is -0.494 e. The molecule has 0 fully saturated rings. The normalized spacial score (nSPS) is 11.1. The first kappa shape index (κ1) is 36.8. The molecule has 5 aromatic rings. The summed E-state index contributed by atoms with van der Waals surface area (Å²) in [5.74, 6) is 0.587. The van der Waals surface area contributed by atoms with Crippen molar-refractivity contribution in [3.05, 3.63) is 47.7 Å². The molecule has 0 unspecified atom stereocenters. The molecule has 0 aliphatic rings. The maximum absolute atomic E-state index is 12.2. The van der Waals surface area contributed by atoms with Gasteiger partial charge in [-0.3, -0.25) is 23.5 Å². The predicted octanol–water partition coefficient (Wildman–Crippen LogP) is 7.65. The number of carbonyl (C=O) groups is 3. The number of rotatable bonds is 12. The number of nitrogens with zero attached hydrogens (tertiary/aromatic N) is 5. The van der Waals surface area contributed by atoms with Gasteiger partial charge in [0.15, 0.2) is 5.75 Å². The predicted molar refractivity (Wildman–Crippen MR) is 192 cm³/mol. The molecule has 258 valence electrons. The number of methoxy groups -OCH3 is 1. The van der Waals surface area contributed by atoms with Gasteiger partial charge < -0.3 is 28.4 Å². The van der Waals surface area contributed by atoms with Crippen molar-refractivity contribution >= 4 is 115 Å². The minimum absolute atomic E-state index is 0.00438. The summed E-state index contributed by atoms with van der Waals surface area (Å²) in [7, 11) is 1.52. The zero-order chi connectivity index (χ0) is 35.6. The van der Waals surface area contributed by atoms with E-state index in [1.54, 1.807) is 18.3 Å². The lowest BCUT2D eigenvalue weighted by molar-refractivity contribution is -0.131. The third-order valence-electron chi connectivity index (χ3n) is 6.66. The van der Waals surface area contributed by atoms with Gasteiger partial charge in [-0.2, -0.15) is 9.97 Å². The number of esters is 1. The van der Waals surface area contributed by atoms with Crippen LogP contribution in [0, 0.1) is 0 Å². The molecule has 0 saturated carbocycles. The Balaban J connectivity index is 1.20. The van der Waals surface area contributed by atoms with Crippen molar-refractivity contribution < 1.29 is 42.8 Å². The summed E-state index contributed by atoms with van der Waals surface area (Å²) in [5, 5.41) is 1.00. The van der Waals surface area contributed by atoms with E-state index in [0.717, 1.165) is 0 Å². The summed E-state index contributed by atoms with van der Waals surface area (Å²) in [5.41, 5.74) is 1.15. The highest BCUT2D eigenvalue weighted by Gasteiger charge is 2.23. The third kappa shape index (κ3) is 7.98. The summed E-state index contributed by atoms with van der Waals surface area (Å²) in [6, 6.07) is 3.26. The largest absolute Gasteiger partial charge is 0.494 e. The molecule has 49 heavy (non-hydrogen) atoms. The average Bonchev–Trinajstić information content (AvgIpc) is 3.58. The van der Waals surface area contributed by atoms with Crippen LogP contribution >= 0.6 is 75.3 Å². The van der Waals surface area contributed by atoms with Crippen LogP contribution in [0.4, 0.5) is 0 Å². The van der Waals surface area contributed by atoms with E-state index in [1.165, 1.54) is 43.2 Å². The van der Waals surface area contributed by atoms with Crippen molar-refractivity contribution in [3.8, 4) is 35.0 Å². The van der Waals surface area contributed by atoms with E-state index >= 15 is 0 Å². The van der Waals surface area contributed by atoms with Gasteiger partial charge in [-0.1, -0.05) is 0 Å². The van der Waals surface area contributed by atoms with Gasteiger partial charge in [0, 0.05) is 20.8 Å². The van der Waals surface area contributed by atoms with Gasteiger partial charge in [0.25, 0.3) is 0 Å². The zero-order valence-electron chi connectivity index (χ0n) is 25.9. The molecular formula is C30H24Br4ClN5O9. The average molecular weight is 954 g/mol. The van der Waals surface area contributed by atoms with E-state index in [4.69, 9.17) is 40.0 Å². The van der Waals surface area contributed by atoms with Gasteiger partial charge in [-0.25, -0.2) is 0 Å². The molecule has 0 radical (unpaired) electrons. The van der Waals surface area contributed by atoms with Gasteiger partial charge in [0.2, 0.25) is 17.1 Å². The number of carbonyl (C=O) groups excluding carboxylic acids is 3. The third-order valence-corrected chi connectivity index (χ3v) is 9.52. The Hall–Kier alpha value is -3.45. The van der Waals surface area contributed by atoms with Crippen LogP contribution in [0.2, 0.25) is 5.28 Å². The standard InChI is InChI=1S/C30H24Br4ClN5O9/c1-13(41)39-11-20(44-4)22-18(39)9-16(31)26(24(22)33)45-5-7-47-29-36-28(35)37-30(38-29)48-8-6-46-27-17(32)10-19-23(25(27)34)21(49-15(3)43)12-40(19)14(2)42/h9-12H,5-8H2,1-4H3. The fourth-order valence-electron chi connectivity index (χ4n) is 4.70. The van der Waals surface area contributed by atoms with Crippen molar-refractivity contribution in [2.45, 2.75) is 20.8 Å². The van der Waals surface area contributed by atoms with Gasteiger partial charge >= 0.3 is 18.0 Å². The number of halogens is 5. The Morgan fingerprint density at radius 1 is 0.694 bits per heavy atom. The van der Waals surface area contributed by atoms with E-state index in [1.807, 2.05) is 0 Å². The van der Waals surface area contributed by atoms with Crippen LogP contribution in [0.25, 0.3) is 21.8 Å². The number of ether oxygens (including phenoxy) is 6. The second-order valence-electron chi connectivity index (χ2n) is 9.92. The Morgan fingerprint density at radius 3 is 1.55 bits per heavy atom. The number of hydrogen-bond acceptors (Lipinski definition) is 12. The van der Waals surface area contributed by atoms with Crippen LogP contribution in [-0.2, 0) is 4.79 Å². The summed E-state index contributed by atoms with van der Waals surface area (Å²) in [6.07, 6.45) is 3.06. The number of fused-ring (bicyclic) bond motifs is 2. The molecule has 0 amide bonds. The first-order valence-corrected chi connectivity index (χ1v) is 17.6. The molecule has 2 aromatic carbocycles. The number of benzene rings is 2. The Labute approximate surface area is 316 Å². The fraction of sp³-hybridized carbons (Fsp3) is 0.267. The van der Waals surface area contributed by atoms with Gasteiger partial charge in [0.05, 0.1) is 59.2 Å². The zero-order valence-corrected chi connectivity index (χ0v) is 33.0. The van der Waals surface area contributed by atoms with Crippen LogP contribution in [-0.4, -0.2) is 75.4 Å². The molecule has 0 N–H and O–H groups in total. The quantitative estimate of drug-likeness (QED) is 0.0891. The molecule has 0 atom stereocenters. The molecule has 0 bridgehead atoms. The number of hydrogen-bond donors (Lipinski definition) is 0. The molecule has 3 aromatic heterocycles. The summed E-state index contributed by atoms with van der Waals surface area (Å²) in [4.78, 5) is 48.1. The summed E-state index contributed by atoms with van der Waals surface area (Å²) >= 11 is 20.1. The Bertz CT molecular complexity index is 2120. The van der Waals surface area contributed by atoms with Crippen LogP contribution in [0.5, 0.6) is 35.0 Å². The van der Waals surface area contributed by atoms with Crippen LogP contribution in [0.15, 0.2) is 42.4 Å². The second kappa shape index (κ2) is 15.6. The topological polar surface area (TPSA) is 155 Å². The lowest BCUT2D eigenvalue weighted by Gasteiger charge is -2.13. The summed E-state index contributed by atoms with van der Waals surface area (Å²) in [6.45, 7) is 4.30. The molecule has 0 aliphatic carbocycles. The van der Waals surface area contributed by atoms with Crippen molar-refractivity contribution in [2.75, 3.05) is 33.5 Å². The van der Waals surface area contributed by atoms with E-state index in [2.05, 4.69) is 78.7 Å². The monoisotopic (exact) mass is 949 g/mol. The maximum Gasteiger partial charge on any atom is 0.324 e. The Kier molecular flexibility index (Phi) is 11.7. The van der Waals surface area contributed by atoms with Crippen molar-refractivity contribution in [3.63, 3.8) is 0 Å². The van der Waals surface area contributed by atoms with E-state index in [9.17, 15) is 14.4 Å². The molecule has 0 aliphatic heterocycles. The van der Waals surface area contributed by atoms with Crippen LogP contribution in [0.1, 0.15) is 30.4 Å². The first-order valence-electron chi connectivity index (χ1n) is 14.0. The highest BCUT2D eigenvalue weighted by Crippen LogP contribution is 2.45. The number of aromatic nitrogens is 5. The van der Waals surface area contributed by atoms with Gasteiger partial charge in [0.1, 0.15) is 43.7 Å². The van der Waals surface area contributed by atoms with E-state index < -0.39 is 5.97 Å². The molecule has 14 nitrogen and oxygen atoms in total. The SMILES string of the molecule is COc1cn(C(C)=O)c2cc(Br)c(OCCOc3nc(Cl)nc(OCCOc4c(Br)cc5c(c(OC(C)=O)cn5C(C)=O)c4Br)n3)c(Br)c12. The van der Waals surface area contributed by atoms with Crippen molar-refractivity contribution in [1.29, 1.82) is 0 Å². The molecule has 5 rings (SSSR count). The molecular weight excluding hydrogens is 929 g/mol. The minimum atomic E-state index is -0.539. The highest BCUT2D eigenvalue weighted by atomic mass is 79.9. The highest BCUT2D eigenvalue weighted by molar-refractivity contribution is 9.11. The summed E-state index contributed by atoms with van der Waals surface area (Å²) < 4.78 is 39.0. The maximum atomic E-state index is 12.2. The molecule has 19 heteroatoms. The van der Waals surface area contributed by atoms with Crippen molar-refractivity contribution in [1.82, 2.24) is 24.1 Å². The van der Waals surface area contributed by atoms with E-state index in [0.29, 0.717) is 56.9 Å². The lowest BCUT2D eigenvalue weighted by Crippen LogP contribution is -2.14. The Morgan fingerprint density at radius 2 is 1.12 bits per heavy atom. The molecule has 0 saturated heterocycles.